The minimum absolute atomic E-state index is 0.0367. The summed E-state index contributed by atoms with van der Waals surface area (Å²) >= 11 is 0. The lowest BCUT2D eigenvalue weighted by atomic mass is 9.84. The second-order valence-electron chi connectivity index (χ2n) is 7.06. The summed E-state index contributed by atoms with van der Waals surface area (Å²) in [7, 11) is -3.09. The lowest BCUT2D eigenvalue weighted by Gasteiger charge is -2.22. The Labute approximate surface area is 155 Å². The van der Waals surface area contributed by atoms with E-state index in [1.54, 1.807) is 24.3 Å². The monoisotopic (exact) mass is 372 g/mol. The number of ether oxygens (including phenoxy) is 1. The molecule has 2 aromatic rings. The Morgan fingerprint density at radius 1 is 0.962 bits per heavy atom. The van der Waals surface area contributed by atoms with Gasteiger partial charge in [-0.1, -0.05) is 43.5 Å². The predicted octanol–water partition coefficient (Wildman–Crippen LogP) is 4.50. The van der Waals surface area contributed by atoms with E-state index < -0.39 is 15.8 Å². The van der Waals surface area contributed by atoms with Crippen LogP contribution in [0.25, 0.3) is 0 Å². The molecule has 0 saturated heterocycles. The number of esters is 1. The smallest absolute Gasteiger partial charge is 0.343 e. The van der Waals surface area contributed by atoms with Crippen molar-refractivity contribution < 1.29 is 17.9 Å². The number of hydrogen-bond donors (Lipinski definition) is 0. The number of sulfone groups is 1. The van der Waals surface area contributed by atoms with Crippen LogP contribution in [-0.2, 0) is 15.6 Å². The van der Waals surface area contributed by atoms with Crippen LogP contribution in [0, 0.1) is 0 Å². The van der Waals surface area contributed by atoms with Crippen molar-refractivity contribution in [3.05, 3.63) is 65.2 Å². The highest BCUT2D eigenvalue weighted by Gasteiger charge is 2.16. The second kappa shape index (κ2) is 8.04. The molecule has 2 aromatic carbocycles. The molecule has 0 atom stereocenters. The van der Waals surface area contributed by atoms with Gasteiger partial charge in [0, 0.05) is 6.26 Å². The van der Waals surface area contributed by atoms with E-state index >= 15 is 0 Å². The molecule has 0 bridgehead atoms. The molecule has 0 spiro atoms. The van der Waals surface area contributed by atoms with Gasteiger partial charge < -0.3 is 4.74 Å². The van der Waals surface area contributed by atoms with E-state index in [0.29, 0.717) is 22.8 Å². The summed E-state index contributed by atoms with van der Waals surface area (Å²) in [6.45, 7) is 0. The van der Waals surface area contributed by atoms with Crippen molar-refractivity contribution in [2.75, 3.05) is 6.26 Å². The average Bonchev–Trinajstić information content (AvgIpc) is 2.62. The molecular formula is C21H24O4S. The molecule has 0 heterocycles. The summed E-state index contributed by atoms with van der Waals surface area (Å²) < 4.78 is 28.0. The van der Waals surface area contributed by atoms with E-state index in [4.69, 9.17) is 4.74 Å². The van der Waals surface area contributed by atoms with Gasteiger partial charge in [-0.25, -0.2) is 13.2 Å². The van der Waals surface area contributed by atoms with Gasteiger partial charge in [0.25, 0.3) is 0 Å². The van der Waals surface area contributed by atoms with Gasteiger partial charge in [0.1, 0.15) is 5.75 Å². The zero-order chi connectivity index (χ0) is 18.6. The first-order chi connectivity index (χ1) is 12.4. The van der Waals surface area contributed by atoms with Gasteiger partial charge >= 0.3 is 5.97 Å². The van der Waals surface area contributed by atoms with Crippen molar-refractivity contribution in [2.45, 2.75) is 43.8 Å². The number of carbonyl (C=O) groups excluding carboxylic acids is 1. The van der Waals surface area contributed by atoms with Crippen LogP contribution in [0.15, 0.2) is 48.5 Å². The molecule has 1 fully saturated rings. The zero-order valence-corrected chi connectivity index (χ0v) is 15.8. The Hall–Kier alpha value is -2.14. The molecule has 0 amide bonds. The molecule has 0 unspecified atom stereocenters. The maximum Gasteiger partial charge on any atom is 0.343 e. The highest BCUT2D eigenvalue weighted by atomic mass is 32.2. The molecule has 0 aliphatic heterocycles. The van der Waals surface area contributed by atoms with E-state index in [2.05, 4.69) is 0 Å². The SMILES string of the molecule is CS(=O)(=O)Cc1ccc(C(=O)Oc2ccc(C3CCCCC3)cc2)cc1. The van der Waals surface area contributed by atoms with Gasteiger partial charge in [0.2, 0.25) is 0 Å². The largest absolute Gasteiger partial charge is 0.423 e. The molecule has 0 radical (unpaired) electrons. The Morgan fingerprint density at radius 3 is 2.15 bits per heavy atom. The van der Waals surface area contributed by atoms with Crippen LogP contribution in [0.5, 0.6) is 5.75 Å². The van der Waals surface area contributed by atoms with Gasteiger partial charge in [-0.3, -0.25) is 0 Å². The van der Waals surface area contributed by atoms with Crippen LogP contribution < -0.4 is 4.74 Å². The van der Waals surface area contributed by atoms with Crippen molar-refractivity contribution in [3.8, 4) is 5.75 Å². The van der Waals surface area contributed by atoms with Crippen LogP contribution in [0.2, 0.25) is 0 Å². The van der Waals surface area contributed by atoms with E-state index in [1.807, 2.05) is 24.3 Å². The Morgan fingerprint density at radius 2 is 1.58 bits per heavy atom. The molecule has 26 heavy (non-hydrogen) atoms. The first kappa shape index (κ1) is 18.6. The standard InChI is InChI=1S/C21H24O4S/c1-26(23,24)15-16-7-9-19(10-8-16)21(22)25-20-13-11-18(12-14-20)17-5-3-2-4-6-17/h7-14,17H,2-6,15H2,1H3. The minimum atomic E-state index is -3.09. The van der Waals surface area contributed by atoms with Crippen molar-refractivity contribution in [1.82, 2.24) is 0 Å². The Balaban J connectivity index is 1.62. The normalized spacial score (nSPS) is 15.6. The predicted molar refractivity (Wildman–Crippen MR) is 102 cm³/mol. The van der Waals surface area contributed by atoms with Gasteiger partial charge in [-0.2, -0.15) is 0 Å². The van der Waals surface area contributed by atoms with Crippen molar-refractivity contribution in [3.63, 3.8) is 0 Å². The van der Waals surface area contributed by atoms with Gasteiger partial charge in [0.05, 0.1) is 11.3 Å². The summed E-state index contributed by atoms with van der Waals surface area (Å²) in [6.07, 6.45) is 7.56. The highest BCUT2D eigenvalue weighted by Crippen LogP contribution is 2.33. The lowest BCUT2D eigenvalue weighted by molar-refractivity contribution is 0.0734. The Kier molecular flexibility index (Phi) is 5.77. The van der Waals surface area contributed by atoms with Gasteiger partial charge in [-0.05, 0) is 54.2 Å². The first-order valence-electron chi connectivity index (χ1n) is 8.99. The fourth-order valence-corrected chi connectivity index (χ4v) is 4.25. The number of carbonyl (C=O) groups is 1. The number of rotatable bonds is 5. The zero-order valence-electron chi connectivity index (χ0n) is 15.0. The molecule has 3 rings (SSSR count). The number of hydrogen-bond acceptors (Lipinski definition) is 4. The second-order valence-corrected chi connectivity index (χ2v) is 9.20. The summed E-state index contributed by atoms with van der Waals surface area (Å²) in [5.41, 5.74) is 2.37. The maximum absolute atomic E-state index is 12.3. The van der Waals surface area contributed by atoms with Crippen molar-refractivity contribution in [1.29, 1.82) is 0 Å². The molecule has 4 nitrogen and oxygen atoms in total. The summed E-state index contributed by atoms with van der Waals surface area (Å²) in [4.78, 5) is 12.3. The van der Waals surface area contributed by atoms with E-state index in [0.717, 1.165) is 0 Å². The molecule has 5 heteroatoms. The van der Waals surface area contributed by atoms with Crippen LogP contribution >= 0.6 is 0 Å². The topological polar surface area (TPSA) is 60.4 Å². The maximum atomic E-state index is 12.3. The fraction of sp³-hybridized carbons (Fsp3) is 0.381. The van der Waals surface area contributed by atoms with Crippen LogP contribution in [0.1, 0.15) is 59.5 Å². The van der Waals surface area contributed by atoms with Crippen LogP contribution in [0.3, 0.4) is 0 Å². The van der Waals surface area contributed by atoms with Crippen LogP contribution in [-0.4, -0.2) is 20.6 Å². The van der Waals surface area contributed by atoms with Gasteiger partial charge in [0.15, 0.2) is 9.84 Å². The summed E-state index contributed by atoms with van der Waals surface area (Å²) in [6, 6.07) is 14.3. The average molecular weight is 372 g/mol. The van der Waals surface area contributed by atoms with Crippen molar-refractivity contribution >= 4 is 15.8 Å². The minimum Gasteiger partial charge on any atom is -0.423 e. The van der Waals surface area contributed by atoms with E-state index in [9.17, 15) is 13.2 Å². The quantitative estimate of drug-likeness (QED) is 0.573. The highest BCUT2D eigenvalue weighted by molar-refractivity contribution is 7.89. The Bertz CT molecular complexity index is 846. The molecule has 0 aromatic heterocycles. The van der Waals surface area contributed by atoms with E-state index in [-0.39, 0.29) is 5.75 Å². The first-order valence-corrected chi connectivity index (χ1v) is 11.1. The van der Waals surface area contributed by atoms with Gasteiger partial charge in [-0.15, -0.1) is 0 Å². The molecule has 1 aliphatic rings. The van der Waals surface area contributed by atoms with E-state index in [1.165, 1.54) is 43.9 Å². The molecule has 1 aliphatic carbocycles. The molecule has 1 saturated carbocycles. The molecular weight excluding hydrogens is 348 g/mol. The summed E-state index contributed by atoms with van der Waals surface area (Å²) in [5, 5.41) is 0. The van der Waals surface area contributed by atoms with Crippen LogP contribution in [0.4, 0.5) is 0 Å². The lowest BCUT2D eigenvalue weighted by Crippen LogP contribution is -2.09. The third kappa shape index (κ3) is 5.18. The number of benzene rings is 2. The van der Waals surface area contributed by atoms with Crippen molar-refractivity contribution in [2.24, 2.45) is 0 Å². The third-order valence-electron chi connectivity index (χ3n) is 4.79. The summed E-state index contributed by atoms with van der Waals surface area (Å²) in [5.74, 6) is 0.664. The molecule has 0 N–H and O–H groups in total. The third-order valence-corrected chi connectivity index (χ3v) is 5.64. The molecule has 138 valence electrons. The fourth-order valence-electron chi connectivity index (χ4n) is 3.45.